The van der Waals surface area contributed by atoms with Crippen molar-refractivity contribution >= 4 is 6.09 Å². The summed E-state index contributed by atoms with van der Waals surface area (Å²) >= 11 is 0. The number of likely N-dealkylation sites (tertiary alicyclic amines) is 2. The first-order valence-corrected chi connectivity index (χ1v) is 16.2. The van der Waals surface area contributed by atoms with Gasteiger partial charge in [0.2, 0.25) is 29.3 Å². The lowest BCUT2D eigenvalue weighted by atomic mass is 9.83. The Kier molecular flexibility index (Phi) is 10.2. The van der Waals surface area contributed by atoms with Crippen molar-refractivity contribution < 1.29 is 32.3 Å². The van der Waals surface area contributed by atoms with E-state index in [2.05, 4.69) is 38.1 Å². The minimum atomic E-state index is -1.31. The molecule has 0 bridgehead atoms. The molecule has 12 nitrogen and oxygen atoms in total. The number of rotatable bonds is 9. The van der Waals surface area contributed by atoms with Gasteiger partial charge in [0.05, 0.1) is 30.0 Å². The van der Waals surface area contributed by atoms with Gasteiger partial charge in [-0.1, -0.05) is 11.2 Å². The first kappa shape index (κ1) is 34.9. The van der Waals surface area contributed by atoms with Crippen LogP contribution in [0.15, 0.2) is 28.8 Å². The molecule has 0 aliphatic carbocycles. The molecule has 1 aromatic carbocycles. The molecule has 4 atom stereocenters. The average Bonchev–Trinajstić information content (AvgIpc) is 3.66. The number of carbonyl (C=O) groups is 1. The molecular formula is C34H43F2N7O5. The summed E-state index contributed by atoms with van der Waals surface area (Å²) in [6.45, 7) is 11.8. The smallest absolute Gasteiger partial charge is 0.410 e. The zero-order chi connectivity index (χ0) is 34.8. The molecule has 1 amide bonds. The van der Waals surface area contributed by atoms with Gasteiger partial charge in [-0.05, 0) is 80.1 Å². The fourth-order valence-corrected chi connectivity index (χ4v) is 6.34. The quantitative estimate of drug-likeness (QED) is 0.263. The van der Waals surface area contributed by atoms with Crippen LogP contribution in [0.1, 0.15) is 85.1 Å². The molecule has 0 radical (unpaired) electrons. The topological polar surface area (TPSA) is 140 Å². The van der Waals surface area contributed by atoms with Gasteiger partial charge in [-0.25, -0.2) is 13.6 Å². The van der Waals surface area contributed by atoms with Crippen LogP contribution in [0.25, 0.3) is 11.6 Å². The molecule has 258 valence electrons. The van der Waals surface area contributed by atoms with Crippen LogP contribution in [0.3, 0.4) is 0 Å². The van der Waals surface area contributed by atoms with Crippen molar-refractivity contribution in [1.29, 1.82) is 5.26 Å². The van der Waals surface area contributed by atoms with Crippen LogP contribution in [0, 0.1) is 23.0 Å². The predicted molar refractivity (Wildman–Crippen MR) is 170 cm³/mol. The molecule has 0 unspecified atom stereocenters. The molecule has 48 heavy (non-hydrogen) atoms. The summed E-state index contributed by atoms with van der Waals surface area (Å²) in [5.41, 5.74) is -2.19. The van der Waals surface area contributed by atoms with Gasteiger partial charge in [-0.15, -0.1) is 0 Å². The number of amides is 1. The molecule has 2 aromatic heterocycles. The summed E-state index contributed by atoms with van der Waals surface area (Å²) < 4.78 is 53.3. The standard InChI is InChI=1S/C34H43F2N7O5/c1-20(25-12-9-16-42(25)7)45-26-19-27(46-22-14-17-43(21(18-22)13-15-37)32(44)47-33(2,3)4)39-29(38-26)30-40-31(48-41-30)34(5,6)28-23(35)10-8-11-24(28)36/h8,10-11,19-22,25H,9,12-14,16-18H2,1-7H3/t20-,21+,22-,25-/m0/s1. The first-order chi connectivity index (χ1) is 22.7. The van der Waals surface area contributed by atoms with Crippen LogP contribution < -0.4 is 9.47 Å². The van der Waals surface area contributed by atoms with E-state index in [0.29, 0.717) is 19.4 Å². The summed E-state index contributed by atoms with van der Waals surface area (Å²) in [6.07, 6.45) is 1.92. The monoisotopic (exact) mass is 667 g/mol. The lowest BCUT2D eigenvalue weighted by Gasteiger charge is -2.38. The molecule has 2 fully saturated rings. The molecule has 5 rings (SSSR count). The van der Waals surface area contributed by atoms with E-state index in [1.807, 2.05) is 6.92 Å². The Balaban J connectivity index is 1.43. The number of hydrogen-bond acceptors (Lipinski definition) is 11. The molecule has 2 aliphatic rings. The maximum absolute atomic E-state index is 14.7. The van der Waals surface area contributed by atoms with Crippen molar-refractivity contribution in [2.24, 2.45) is 0 Å². The number of halogens is 2. The van der Waals surface area contributed by atoms with Gasteiger partial charge in [0.1, 0.15) is 29.4 Å². The second-order valence-corrected chi connectivity index (χ2v) is 14.0. The molecule has 2 aliphatic heterocycles. The third-order valence-corrected chi connectivity index (χ3v) is 8.76. The number of hydrogen-bond donors (Lipinski definition) is 0. The Morgan fingerprint density at radius 1 is 1.08 bits per heavy atom. The highest BCUT2D eigenvalue weighted by Gasteiger charge is 2.37. The maximum Gasteiger partial charge on any atom is 0.410 e. The van der Waals surface area contributed by atoms with Gasteiger partial charge in [0.25, 0.3) is 0 Å². The Morgan fingerprint density at radius 3 is 2.44 bits per heavy atom. The molecule has 0 spiro atoms. The number of aromatic nitrogens is 4. The summed E-state index contributed by atoms with van der Waals surface area (Å²) in [4.78, 5) is 30.3. The van der Waals surface area contributed by atoms with Gasteiger partial charge in [-0.3, -0.25) is 4.90 Å². The van der Waals surface area contributed by atoms with Crippen LogP contribution in [-0.4, -0.2) is 86.0 Å². The fourth-order valence-electron chi connectivity index (χ4n) is 6.34. The third kappa shape index (κ3) is 7.84. The average molecular weight is 668 g/mol. The summed E-state index contributed by atoms with van der Waals surface area (Å²) in [6, 6.07) is 7.16. The van der Waals surface area contributed by atoms with Crippen LogP contribution in [0.2, 0.25) is 0 Å². The molecule has 4 heterocycles. The molecule has 3 aromatic rings. The van der Waals surface area contributed by atoms with Gasteiger partial charge in [0.15, 0.2) is 0 Å². The number of ether oxygens (including phenoxy) is 3. The van der Waals surface area contributed by atoms with Crippen molar-refractivity contribution in [1.82, 2.24) is 29.9 Å². The summed E-state index contributed by atoms with van der Waals surface area (Å²) in [5.74, 6) is -1.08. The second kappa shape index (κ2) is 14.0. The maximum atomic E-state index is 14.7. The fraction of sp³-hybridized carbons (Fsp3) is 0.588. The van der Waals surface area contributed by atoms with E-state index in [0.717, 1.165) is 19.4 Å². The first-order valence-electron chi connectivity index (χ1n) is 16.2. The Bertz CT molecular complexity index is 1630. The van der Waals surface area contributed by atoms with Crippen LogP contribution in [0.4, 0.5) is 13.6 Å². The van der Waals surface area contributed by atoms with Crippen molar-refractivity contribution in [2.45, 2.75) is 109 Å². The van der Waals surface area contributed by atoms with E-state index in [9.17, 15) is 18.8 Å². The van der Waals surface area contributed by atoms with E-state index in [-0.39, 0.29) is 59.5 Å². The minimum absolute atomic E-state index is 0.0159. The van der Waals surface area contributed by atoms with Gasteiger partial charge >= 0.3 is 6.09 Å². The SMILES string of the molecule is C[C@H](Oc1cc(O[C@H]2CCN(C(=O)OC(C)(C)C)[C@H](CC#N)C2)nc(-c2noc(C(C)(C)c3c(F)cccc3F)n2)n1)[C@@H]1CCCN1C. The minimum Gasteiger partial charge on any atom is -0.474 e. The van der Waals surface area contributed by atoms with E-state index >= 15 is 0 Å². The Morgan fingerprint density at radius 2 is 1.79 bits per heavy atom. The lowest BCUT2D eigenvalue weighted by molar-refractivity contribution is -0.00382. The number of carbonyl (C=O) groups excluding carboxylic acids is 1. The van der Waals surface area contributed by atoms with E-state index in [1.54, 1.807) is 45.6 Å². The zero-order valence-electron chi connectivity index (χ0n) is 28.5. The summed E-state index contributed by atoms with van der Waals surface area (Å²) in [5, 5.41) is 13.6. The molecule has 2 saturated heterocycles. The van der Waals surface area contributed by atoms with E-state index in [1.165, 1.54) is 18.2 Å². The number of likely N-dealkylation sites (N-methyl/N-ethyl adjacent to an activating group) is 1. The number of piperidine rings is 1. The largest absolute Gasteiger partial charge is 0.474 e. The second-order valence-electron chi connectivity index (χ2n) is 14.0. The normalized spacial score (nSPS) is 21.1. The van der Waals surface area contributed by atoms with Crippen molar-refractivity contribution in [2.75, 3.05) is 20.1 Å². The summed E-state index contributed by atoms with van der Waals surface area (Å²) in [7, 11) is 2.06. The number of benzene rings is 1. The van der Waals surface area contributed by atoms with Gasteiger partial charge in [-0.2, -0.15) is 20.2 Å². The number of nitriles is 1. The van der Waals surface area contributed by atoms with Crippen LogP contribution in [-0.2, 0) is 10.2 Å². The van der Waals surface area contributed by atoms with Crippen molar-refractivity contribution in [3.05, 3.63) is 47.4 Å². The van der Waals surface area contributed by atoms with Gasteiger partial charge < -0.3 is 23.6 Å². The van der Waals surface area contributed by atoms with Crippen LogP contribution in [0.5, 0.6) is 11.8 Å². The van der Waals surface area contributed by atoms with E-state index < -0.39 is 34.8 Å². The predicted octanol–water partition coefficient (Wildman–Crippen LogP) is 6.05. The highest BCUT2D eigenvalue weighted by molar-refractivity contribution is 5.68. The Labute approximate surface area is 279 Å². The lowest BCUT2D eigenvalue weighted by Crippen LogP contribution is -2.50. The van der Waals surface area contributed by atoms with Crippen LogP contribution >= 0.6 is 0 Å². The molecular weight excluding hydrogens is 624 g/mol. The molecule has 0 N–H and O–H groups in total. The highest BCUT2D eigenvalue weighted by Crippen LogP contribution is 2.35. The molecule has 14 heteroatoms. The van der Waals surface area contributed by atoms with Gasteiger partial charge in [0, 0.05) is 31.0 Å². The third-order valence-electron chi connectivity index (χ3n) is 8.76. The zero-order valence-corrected chi connectivity index (χ0v) is 28.5. The van der Waals surface area contributed by atoms with E-state index in [4.69, 9.17) is 18.7 Å². The van der Waals surface area contributed by atoms with Crippen molar-refractivity contribution in [3.8, 4) is 29.5 Å². The van der Waals surface area contributed by atoms with Crippen molar-refractivity contribution in [3.63, 3.8) is 0 Å². The number of nitrogens with zero attached hydrogens (tertiary/aromatic N) is 7. The molecule has 0 saturated carbocycles. The Hall–Kier alpha value is -4.38. The highest BCUT2D eigenvalue weighted by atomic mass is 19.1.